The minimum absolute atomic E-state index is 0.789. The Morgan fingerprint density at radius 2 is 2.27 bits per heavy atom. The molecule has 0 radical (unpaired) electrons. The van der Waals surface area contributed by atoms with E-state index < -0.39 is 0 Å². The van der Waals surface area contributed by atoms with E-state index in [0.717, 1.165) is 12.0 Å². The highest BCUT2D eigenvalue weighted by atomic mass is 15.2. The topological polar surface area (TPSA) is 15.3 Å². The summed E-state index contributed by atoms with van der Waals surface area (Å²) >= 11 is 0. The lowest BCUT2D eigenvalue weighted by Gasteiger charge is -2.24. The molecule has 0 aromatic heterocycles. The predicted octanol–water partition coefficient (Wildman–Crippen LogP) is 0.936. The second kappa shape index (κ2) is 4.07. The van der Waals surface area contributed by atoms with Gasteiger partial charge in [0.05, 0.1) is 0 Å². The molecule has 11 heavy (non-hydrogen) atoms. The fourth-order valence-corrected chi connectivity index (χ4v) is 1.74. The van der Waals surface area contributed by atoms with E-state index >= 15 is 0 Å². The van der Waals surface area contributed by atoms with E-state index in [1.165, 1.54) is 26.1 Å². The van der Waals surface area contributed by atoms with E-state index in [1.54, 1.807) is 0 Å². The molecule has 1 atom stereocenters. The minimum atomic E-state index is 0.789. The van der Waals surface area contributed by atoms with Crippen LogP contribution in [0.1, 0.15) is 20.3 Å². The Labute approximate surface area is 70.0 Å². The Kier molecular flexibility index (Phi) is 3.34. The van der Waals surface area contributed by atoms with Gasteiger partial charge in [-0.15, -0.1) is 0 Å². The molecule has 1 N–H and O–H groups in total. The van der Waals surface area contributed by atoms with Crippen LogP contribution in [0.15, 0.2) is 0 Å². The van der Waals surface area contributed by atoms with Crippen LogP contribution in [0.5, 0.6) is 0 Å². The molecule has 0 amide bonds. The second-order valence-electron chi connectivity index (χ2n) is 3.98. The Morgan fingerprint density at radius 1 is 1.55 bits per heavy atom. The van der Waals surface area contributed by atoms with Crippen molar-refractivity contribution < 1.29 is 0 Å². The number of nitrogens with zero attached hydrogens (tertiary/aromatic N) is 1. The van der Waals surface area contributed by atoms with Gasteiger partial charge in [-0.3, -0.25) is 0 Å². The highest BCUT2D eigenvalue weighted by molar-refractivity contribution is 4.78. The van der Waals surface area contributed by atoms with Crippen molar-refractivity contribution in [2.75, 3.05) is 26.7 Å². The van der Waals surface area contributed by atoms with E-state index in [4.69, 9.17) is 0 Å². The molecule has 1 saturated heterocycles. The summed E-state index contributed by atoms with van der Waals surface area (Å²) in [6.45, 7) is 8.17. The summed E-state index contributed by atoms with van der Waals surface area (Å²) in [6.07, 6.45) is 1.32. The Bertz CT molecular complexity index is 106. The molecule has 1 rings (SSSR count). The second-order valence-corrected chi connectivity index (χ2v) is 3.98. The Balaban J connectivity index is 2.22. The van der Waals surface area contributed by atoms with Crippen molar-refractivity contribution in [1.82, 2.24) is 10.2 Å². The predicted molar refractivity (Wildman–Crippen MR) is 48.7 cm³/mol. The lowest BCUT2D eigenvalue weighted by atomic mass is 10.1. The molecule has 0 aromatic rings. The maximum atomic E-state index is 3.38. The van der Waals surface area contributed by atoms with Crippen LogP contribution in [0.4, 0.5) is 0 Å². The van der Waals surface area contributed by atoms with Crippen LogP contribution < -0.4 is 5.32 Å². The van der Waals surface area contributed by atoms with Gasteiger partial charge in [0.15, 0.2) is 0 Å². The normalized spacial score (nSPS) is 25.4. The van der Waals surface area contributed by atoms with Crippen molar-refractivity contribution in [2.45, 2.75) is 26.3 Å². The van der Waals surface area contributed by atoms with Crippen molar-refractivity contribution >= 4 is 0 Å². The van der Waals surface area contributed by atoms with Crippen molar-refractivity contribution in [3.63, 3.8) is 0 Å². The molecule has 0 saturated carbocycles. The van der Waals surface area contributed by atoms with Gasteiger partial charge in [-0.2, -0.15) is 0 Å². The lowest BCUT2D eigenvalue weighted by molar-refractivity contribution is 0.230. The van der Waals surface area contributed by atoms with E-state index in [-0.39, 0.29) is 0 Å². The van der Waals surface area contributed by atoms with Crippen LogP contribution in [-0.2, 0) is 0 Å². The fraction of sp³-hybridized carbons (Fsp3) is 1.00. The Morgan fingerprint density at radius 3 is 2.73 bits per heavy atom. The van der Waals surface area contributed by atoms with Gasteiger partial charge in [-0.25, -0.2) is 0 Å². The average Bonchev–Trinajstić information content (AvgIpc) is 2.35. The molecule has 2 nitrogen and oxygen atoms in total. The fourth-order valence-electron chi connectivity index (χ4n) is 1.74. The zero-order valence-corrected chi connectivity index (χ0v) is 7.93. The zero-order valence-electron chi connectivity index (χ0n) is 7.93. The largest absolute Gasteiger partial charge is 0.315 e. The van der Waals surface area contributed by atoms with Gasteiger partial charge < -0.3 is 10.2 Å². The van der Waals surface area contributed by atoms with Crippen molar-refractivity contribution in [2.24, 2.45) is 5.92 Å². The van der Waals surface area contributed by atoms with E-state index in [2.05, 4.69) is 31.1 Å². The summed E-state index contributed by atoms with van der Waals surface area (Å²) in [5.74, 6) is 0.792. The third-order valence-corrected chi connectivity index (χ3v) is 2.31. The van der Waals surface area contributed by atoms with Crippen LogP contribution in [0.3, 0.4) is 0 Å². The molecular weight excluding hydrogens is 136 g/mol. The molecule has 0 unspecified atom stereocenters. The monoisotopic (exact) mass is 156 g/mol. The van der Waals surface area contributed by atoms with Gasteiger partial charge in [-0.1, -0.05) is 13.8 Å². The zero-order chi connectivity index (χ0) is 8.27. The highest BCUT2D eigenvalue weighted by Gasteiger charge is 2.18. The first-order valence-corrected chi connectivity index (χ1v) is 4.61. The molecule has 0 bridgehead atoms. The van der Waals surface area contributed by atoms with Crippen LogP contribution >= 0.6 is 0 Å². The maximum Gasteiger partial charge on any atom is 0.0229 e. The van der Waals surface area contributed by atoms with Gasteiger partial charge in [0.25, 0.3) is 0 Å². The third-order valence-electron chi connectivity index (χ3n) is 2.31. The third kappa shape index (κ3) is 2.80. The standard InChI is InChI=1S/C9H20N2/c1-8(2)7-11(3)9-4-5-10-6-9/h8-10H,4-7H2,1-3H3/t9-/m0/s1. The molecule has 1 aliphatic rings. The Hall–Kier alpha value is -0.0800. The first-order valence-electron chi connectivity index (χ1n) is 4.61. The number of hydrogen-bond donors (Lipinski definition) is 1. The highest BCUT2D eigenvalue weighted by Crippen LogP contribution is 2.07. The molecule has 66 valence electrons. The number of rotatable bonds is 3. The van der Waals surface area contributed by atoms with Gasteiger partial charge in [0, 0.05) is 19.1 Å². The smallest absolute Gasteiger partial charge is 0.0229 e. The summed E-state index contributed by atoms with van der Waals surface area (Å²) in [7, 11) is 2.23. The van der Waals surface area contributed by atoms with Gasteiger partial charge in [0.2, 0.25) is 0 Å². The summed E-state index contributed by atoms with van der Waals surface area (Å²) < 4.78 is 0. The molecule has 0 aromatic carbocycles. The number of hydrogen-bond acceptors (Lipinski definition) is 2. The lowest BCUT2D eigenvalue weighted by Crippen LogP contribution is -2.35. The molecule has 0 aliphatic carbocycles. The summed E-state index contributed by atoms with van der Waals surface area (Å²) in [5.41, 5.74) is 0. The number of likely N-dealkylation sites (N-methyl/N-ethyl adjacent to an activating group) is 1. The minimum Gasteiger partial charge on any atom is -0.315 e. The SMILES string of the molecule is CC(C)CN(C)[C@H]1CCNC1. The molecular formula is C9H20N2. The van der Waals surface area contributed by atoms with E-state index in [9.17, 15) is 0 Å². The van der Waals surface area contributed by atoms with Gasteiger partial charge >= 0.3 is 0 Å². The first-order chi connectivity index (χ1) is 5.20. The summed E-state index contributed by atoms with van der Waals surface area (Å²) in [6, 6.07) is 0.789. The molecule has 1 aliphatic heterocycles. The van der Waals surface area contributed by atoms with Crippen LogP contribution in [-0.4, -0.2) is 37.6 Å². The van der Waals surface area contributed by atoms with Crippen molar-refractivity contribution in [3.05, 3.63) is 0 Å². The molecule has 1 heterocycles. The van der Waals surface area contributed by atoms with Crippen molar-refractivity contribution in [1.29, 1.82) is 0 Å². The van der Waals surface area contributed by atoms with Crippen LogP contribution in [0.25, 0.3) is 0 Å². The molecule has 1 fully saturated rings. The van der Waals surface area contributed by atoms with E-state index in [1.807, 2.05) is 0 Å². The first kappa shape index (κ1) is 9.01. The van der Waals surface area contributed by atoms with Crippen molar-refractivity contribution in [3.8, 4) is 0 Å². The quantitative estimate of drug-likeness (QED) is 0.654. The molecule has 2 heteroatoms. The van der Waals surface area contributed by atoms with E-state index in [0.29, 0.717) is 0 Å². The van der Waals surface area contributed by atoms with Crippen LogP contribution in [0, 0.1) is 5.92 Å². The summed E-state index contributed by atoms with van der Waals surface area (Å²) in [5, 5.41) is 3.38. The van der Waals surface area contributed by atoms with Crippen LogP contribution in [0.2, 0.25) is 0 Å². The summed E-state index contributed by atoms with van der Waals surface area (Å²) in [4.78, 5) is 2.48. The number of nitrogens with one attached hydrogen (secondary N) is 1. The molecule has 0 spiro atoms. The average molecular weight is 156 g/mol. The van der Waals surface area contributed by atoms with Gasteiger partial charge in [0.1, 0.15) is 0 Å². The van der Waals surface area contributed by atoms with Gasteiger partial charge in [-0.05, 0) is 25.9 Å². The maximum absolute atomic E-state index is 3.38.